The molecule has 2 N–H and O–H groups in total. The van der Waals surface area contributed by atoms with Crippen molar-refractivity contribution in [3.8, 4) is 0 Å². The lowest BCUT2D eigenvalue weighted by atomic mass is 9.63. The maximum absolute atomic E-state index is 12.6. The van der Waals surface area contributed by atoms with E-state index in [2.05, 4.69) is 34.3 Å². The van der Waals surface area contributed by atoms with Crippen LogP contribution in [-0.2, 0) is 10.2 Å². The molecule has 1 fully saturated rings. The van der Waals surface area contributed by atoms with E-state index in [1.807, 2.05) is 12.1 Å². The fourth-order valence-electron chi connectivity index (χ4n) is 2.68. The lowest BCUT2D eigenvalue weighted by molar-refractivity contribution is -0.124. The summed E-state index contributed by atoms with van der Waals surface area (Å²) in [6.07, 6.45) is 6.25. The monoisotopic (exact) mass is 255 g/mol. The fourth-order valence-corrected chi connectivity index (χ4v) is 2.68. The van der Waals surface area contributed by atoms with E-state index in [0.717, 1.165) is 24.8 Å². The predicted molar refractivity (Wildman–Crippen MR) is 73.9 cm³/mol. The largest absolute Gasteiger partial charge is 0.331 e. The van der Waals surface area contributed by atoms with Crippen LogP contribution in [0, 0.1) is 6.92 Å². The van der Waals surface area contributed by atoms with Crippen molar-refractivity contribution < 1.29 is 4.79 Å². The predicted octanol–water partition coefficient (Wildman–Crippen LogP) is 2.78. The number of benzene rings is 1. The van der Waals surface area contributed by atoms with Crippen molar-refractivity contribution >= 4 is 11.9 Å². The normalized spacial score (nSPS) is 16.7. The Balaban J connectivity index is 1.88. The molecule has 2 aromatic rings. The van der Waals surface area contributed by atoms with Crippen LogP contribution in [0.4, 0.5) is 5.95 Å². The minimum Gasteiger partial charge on any atom is -0.331 e. The molecule has 19 heavy (non-hydrogen) atoms. The number of imidazole rings is 1. The average molecular weight is 255 g/mol. The fraction of sp³-hybridized carbons (Fsp3) is 0.333. The second kappa shape index (κ2) is 4.53. The number of amides is 1. The Hall–Kier alpha value is -2.10. The van der Waals surface area contributed by atoms with Gasteiger partial charge in [-0.05, 0) is 25.3 Å². The molecular formula is C15H17N3O. The van der Waals surface area contributed by atoms with Gasteiger partial charge in [-0.3, -0.25) is 10.1 Å². The van der Waals surface area contributed by atoms with Crippen molar-refractivity contribution in [2.45, 2.75) is 31.6 Å². The molecule has 4 nitrogen and oxygen atoms in total. The van der Waals surface area contributed by atoms with Crippen molar-refractivity contribution in [2.24, 2.45) is 0 Å². The smallest absolute Gasteiger partial charge is 0.237 e. The Kier molecular flexibility index (Phi) is 2.85. The summed E-state index contributed by atoms with van der Waals surface area (Å²) in [7, 11) is 0. The number of nitrogens with zero attached hydrogens (tertiary/aromatic N) is 1. The van der Waals surface area contributed by atoms with Gasteiger partial charge in [-0.2, -0.15) is 0 Å². The first-order chi connectivity index (χ1) is 9.21. The molecule has 4 heteroatoms. The highest BCUT2D eigenvalue weighted by molar-refractivity contribution is 5.98. The Labute approximate surface area is 112 Å². The maximum atomic E-state index is 12.6. The number of aromatic nitrogens is 2. The summed E-state index contributed by atoms with van der Waals surface area (Å²) in [5.41, 5.74) is 1.93. The maximum Gasteiger partial charge on any atom is 0.237 e. The van der Waals surface area contributed by atoms with Gasteiger partial charge in [0.1, 0.15) is 0 Å². The minimum absolute atomic E-state index is 0.0410. The zero-order chi connectivity index (χ0) is 13.3. The van der Waals surface area contributed by atoms with Crippen molar-refractivity contribution in [2.75, 3.05) is 5.32 Å². The second-order valence-electron chi connectivity index (χ2n) is 5.20. The van der Waals surface area contributed by atoms with Crippen LogP contribution in [0.2, 0.25) is 0 Å². The van der Waals surface area contributed by atoms with Crippen LogP contribution in [0.1, 0.15) is 30.4 Å². The molecule has 0 unspecified atom stereocenters. The quantitative estimate of drug-likeness (QED) is 0.886. The first-order valence-electron chi connectivity index (χ1n) is 6.59. The van der Waals surface area contributed by atoms with E-state index in [1.165, 1.54) is 5.56 Å². The van der Waals surface area contributed by atoms with E-state index >= 15 is 0 Å². The van der Waals surface area contributed by atoms with E-state index in [0.29, 0.717) is 5.95 Å². The molecule has 0 spiro atoms. The van der Waals surface area contributed by atoms with Crippen LogP contribution in [0.15, 0.2) is 36.7 Å². The van der Waals surface area contributed by atoms with E-state index in [4.69, 9.17) is 0 Å². The van der Waals surface area contributed by atoms with E-state index in [9.17, 15) is 4.79 Å². The second-order valence-corrected chi connectivity index (χ2v) is 5.20. The molecule has 1 aliphatic carbocycles. The molecular weight excluding hydrogens is 238 g/mol. The van der Waals surface area contributed by atoms with E-state index in [-0.39, 0.29) is 11.3 Å². The van der Waals surface area contributed by atoms with Gasteiger partial charge < -0.3 is 4.98 Å². The topological polar surface area (TPSA) is 57.8 Å². The number of carbonyl (C=O) groups excluding carboxylic acids is 1. The van der Waals surface area contributed by atoms with Crippen LogP contribution in [0.3, 0.4) is 0 Å². The van der Waals surface area contributed by atoms with Gasteiger partial charge in [-0.25, -0.2) is 4.98 Å². The van der Waals surface area contributed by atoms with Gasteiger partial charge in [0.15, 0.2) is 0 Å². The van der Waals surface area contributed by atoms with E-state index < -0.39 is 0 Å². The van der Waals surface area contributed by atoms with Crippen molar-refractivity contribution in [1.82, 2.24) is 9.97 Å². The van der Waals surface area contributed by atoms with Crippen molar-refractivity contribution in [3.05, 3.63) is 47.8 Å². The lowest BCUT2D eigenvalue weighted by Gasteiger charge is -2.40. The summed E-state index contributed by atoms with van der Waals surface area (Å²) >= 11 is 0. The number of carbonyl (C=O) groups is 1. The van der Waals surface area contributed by atoms with Gasteiger partial charge >= 0.3 is 0 Å². The van der Waals surface area contributed by atoms with Gasteiger partial charge in [0, 0.05) is 12.4 Å². The summed E-state index contributed by atoms with van der Waals surface area (Å²) in [5, 5.41) is 2.88. The zero-order valence-electron chi connectivity index (χ0n) is 10.9. The van der Waals surface area contributed by atoms with Crippen LogP contribution in [0.5, 0.6) is 0 Å². The Bertz CT molecular complexity index is 585. The first-order valence-corrected chi connectivity index (χ1v) is 6.59. The summed E-state index contributed by atoms with van der Waals surface area (Å²) < 4.78 is 0. The summed E-state index contributed by atoms with van der Waals surface area (Å²) in [4.78, 5) is 19.5. The highest BCUT2D eigenvalue weighted by Crippen LogP contribution is 2.44. The molecule has 0 aliphatic heterocycles. The zero-order valence-corrected chi connectivity index (χ0v) is 10.9. The third-order valence-corrected chi connectivity index (χ3v) is 3.94. The van der Waals surface area contributed by atoms with Crippen LogP contribution in [0.25, 0.3) is 0 Å². The lowest BCUT2D eigenvalue weighted by Crippen LogP contribution is -2.46. The molecule has 1 aromatic heterocycles. The molecule has 0 radical (unpaired) electrons. The van der Waals surface area contributed by atoms with E-state index in [1.54, 1.807) is 12.4 Å². The molecule has 0 atom stereocenters. The number of hydrogen-bond acceptors (Lipinski definition) is 2. The van der Waals surface area contributed by atoms with Gasteiger partial charge in [-0.1, -0.05) is 36.2 Å². The first kappa shape index (κ1) is 12.0. The average Bonchev–Trinajstić information content (AvgIpc) is 2.80. The molecule has 3 rings (SSSR count). The SMILES string of the molecule is Cc1cccc(C2(C(=O)Nc3ncc[nH]3)CCC2)c1. The van der Waals surface area contributed by atoms with Crippen molar-refractivity contribution in [3.63, 3.8) is 0 Å². The molecule has 1 aromatic carbocycles. The number of aryl methyl sites for hydroxylation is 1. The molecule has 98 valence electrons. The number of H-pyrrole nitrogens is 1. The standard InChI is InChI=1S/C15H17N3O/c1-11-4-2-5-12(10-11)15(6-3-7-15)13(19)18-14-16-8-9-17-14/h2,4-5,8-10H,3,6-7H2,1H3,(H2,16,17,18,19). The number of nitrogens with one attached hydrogen (secondary N) is 2. The summed E-state index contributed by atoms with van der Waals surface area (Å²) in [6.45, 7) is 2.06. The van der Waals surface area contributed by atoms with Crippen LogP contribution in [-0.4, -0.2) is 15.9 Å². The Morgan fingerprint density at radius 1 is 1.42 bits per heavy atom. The number of rotatable bonds is 3. The molecule has 1 saturated carbocycles. The molecule has 1 amide bonds. The number of aromatic amines is 1. The van der Waals surface area contributed by atoms with Crippen LogP contribution < -0.4 is 5.32 Å². The van der Waals surface area contributed by atoms with Gasteiger partial charge in [0.05, 0.1) is 5.41 Å². The van der Waals surface area contributed by atoms with Gasteiger partial charge in [0.2, 0.25) is 11.9 Å². The highest BCUT2D eigenvalue weighted by atomic mass is 16.2. The molecule has 1 heterocycles. The van der Waals surface area contributed by atoms with Crippen LogP contribution >= 0.6 is 0 Å². The Morgan fingerprint density at radius 2 is 2.26 bits per heavy atom. The third kappa shape index (κ3) is 2.03. The number of hydrogen-bond donors (Lipinski definition) is 2. The molecule has 1 aliphatic rings. The minimum atomic E-state index is -0.376. The third-order valence-electron chi connectivity index (χ3n) is 3.94. The number of anilines is 1. The highest BCUT2D eigenvalue weighted by Gasteiger charge is 2.45. The molecule has 0 saturated heterocycles. The summed E-state index contributed by atoms with van der Waals surface area (Å²) in [6, 6.07) is 8.24. The molecule has 0 bridgehead atoms. The summed E-state index contributed by atoms with van der Waals surface area (Å²) in [5.74, 6) is 0.559. The Morgan fingerprint density at radius 3 is 2.84 bits per heavy atom. The van der Waals surface area contributed by atoms with Gasteiger partial charge in [-0.15, -0.1) is 0 Å². The van der Waals surface area contributed by atoms with Crippen molar-refractivity contribution in [1.29, 1.82) is 0 Å². The van der Waals surface area contributed by atoms with Gasteiger partial charge in [0.25, 0.3) is 0 Å².